The van der Waals surface area contributed by atoms with Crippen LogP contribution in [0.1, 0.15) is 9.88 Å². The van der Waals surface area contributed by atoms with Crippen molar-refractivity contribution in [2.45, 2.75) is 0 Å². The maximum atomic E-state index is 9.43. The number of allylic oxidation sites excluding steroid dienone is 1. The van der Waals surface area contributed by atoms with E-state index in [-0.39, 0.29) is 0 Å². The average molecular weight is 354 g/mol. The fourth-order valence-corrected chi connectivity index (χ4v) is 3.64. The monoisotopic (exact) mass is 354 g/mol. The van der Waals surface area contributed by atoms with E-state index >= 15 is 0 Å². The van der Waals surface area contributed by atoms with Crippen molar-refractivity contribution >= 4 is 34.3 Å². The molecule has 0 N–H and O–H groups in total. The minimum absolute atomic E-state index is 0.564. The van der Waals surface area contributed by atoms with Crippen molar-refractivity contribution in [1.29, 1.82) is 5.26 Å². The lowest BCUT2D eigenvalue weighted by Gasteiger charge is -2.08. The Balaban J connectivity index is 1.95. The van der Waals surface area contributed by atoms with Crippen molar-refractivity contribution < 1.29 is 9.47 Å². The number of nitrogens with zero attached hydrogens (tertiary/aromatic N) is 2. The topological polar surface area (TPSA) is 55.1 Å². The second-order valence-corrected chi connectivity index (χ2v) is 6.63. The molecule has 0 radical (unpaired) electrons. The molecule has 2 heterocycles. The summed E-state index contributed by atoms with van der Waals surface area (Å²) < 4.78 is 10.6. The van der Waals surface area contributed by atoms with Gasteiger partial charge in [0.25, 0.3) is 0 Å². The van der Waals surface area contributed by atoms with Crippen LogP contribution in [0.4, 0.5) is 0 Å². The molecule has 0 saturated carbocycles. The molecule has 0 aliphatic rings. The summed E-state index contributed by atoms with van der Waals surface area (Å²) in [5.74, 6) is 1.33. The van der Waals surface area contributed by atoms with E-state index < -0.39 is 0 Å². The first-order valence-electron chi connectivity index (χ1n) is 7.08. The standard InChI is InChI=1S/C18H14N2O2S2/c1-21-16-6-5-12(9-17(16)22-2)15-11-24-18(20-15)13(10-19)8-14-4-3-7-23-14/h3-9,11H,1-2H3/b13-8+. The zero-order valence-corrected chi connectivity index (χ0v) is 14.8. The predicted octanol–water partition coefficient (Wildman–Crippen LogP) is 4.95. The first-order chi connectivity index (χ1) is 11.7. The van der Waals surface area contributed by atoms with E-state index in [1.54, 1.807) is 25.6 Å². The van der Waals surface area contributed by atoms with Crippen LogP contribution in [0.5, 0.6) is 11.5 Å². The fourth-order valence-electron chi connectivity index (χ4n) is 2.18. The largest absolute Gasteiger partial charge is 0.493 e. The van der Waals surface area contributed by atoms with Crippen LogP contribution in [-0.4, -0.2) is 19.2 Å². The number of methoxy groups -OCH3 is 2. The van der Waals surface area contributed by atoms with E-state index in [1.807, 2.05) is 47.2 Å². The highest BCUT2D eigenvalue weighted by molar-refractivity contribution is 7.12. The Labute approximate surface area is 148 Å². The van der Waals surface area contributed by atoms with Crippen molar-refractivity contribution in [3.8, 4) is 28.8 Å². The molecule has 4 nitrogen and oxygen atoms in total. The molecule has 0 aliphatic carbocycles. The van der Waals surface area contributed by atoms with Crippen LogP contribution >= 0.6 is 22.7 Å². The Hall–Kier alpha value is -2.62. The van der Waals surface area contributed by atoms with Crippen molar-refractivity contribution in [2.75, 3.05) is 14.2 Å². The Morgan fingerprint density at radius 2 is 2.00 bits per heavy atom. The molecule has 0 amide bonds. The van der Waals surface area contributed by atoms with Crippen molar-refractivity contribution in [2.24, 2.45) is 0 Å². The van der Waals surface area contributed by atoms with Crippen LogP contribution in [0.3, 0.4) is 0 Å². The molecule has 0 unspecified atom stereocenters. The maximum absolute atomic E-state index is 9.43. The van der Waals surface area contributed by atoms with E-state index in [9.17, 15) is 5.26 Å². The first-order valence-corrected chi connectivity index (χ1v) is 8.84. The number of thiazole rings is 1. The third-order valence-corrected chi connectivity index (χ3v) is 5.06. The van der Waals surface area contributed by atoms with Crippen LogP contribution < -0.4 is 9.47 Å². The molecule has 3 aromatic rings. The Bertz CT molecular complexity index is 905. The Kier molecular flexibility index (Phi) is 4.94. The van der Waals surface area contributed by atoms with Gasteiger partial charge in [-0.05, 0) is 35.7 Å². The maximum Gasteiger partial charge on any atom is 0.161 e. The van der Waals surface area contributed by atoms with E-state index in [2.05, 4.69) is 11.1 Å². The molecule has 0 atom stereocenters. The SMILES string of the molecule is COc1ccc(-c2csc(/C(C#N)=C/c3cccs3)n2)cc1OC. The summed E-state index contributed by atoms with van der Waals surface area (Å²) >= 11 is 3.05. The van der Waals surface area contributed by atoms with Crippen LogP contribution in [0.25, 0.3) is 22.9 Å². The van der Waals surface area contributed by atoms with Gasteiger partial charge in [-0.3, -0.25) is 0 Å². The third-order valence-electron chi connectivity index (χ3n) is 3.36. The van der Waals surface area contributed by atoms with Gasteiger partial charge in [-0.2, -0.15) is 5.26 Å². The summed E-state index contributed by atoms with van der Waals surface area (Å²) in [4.78, 5) is 5.64. The molecular formula is C18H14N2O2S2. The number of ether oxygens (including phenoxy) is 2. The number of hydrogen-bond acceptors (Lipinski definition) is 6. The predicted molar refractivity (Wildman–Crippen MR) is 98.5 cm³/mol. The number of aromatic nitrogens is 1. The molecule has 0 fully saturated rings. The van der Waals surface area contributed by atoms with Gasteiger partial charge in [0.05, 0.1) is 25.5 Å². The summed E-state index contributed by atoms with van der Waals surface area (Å²) in [6, 6.07) is 11.8. The van der Waals surface area contributed by atoms with Crippen LogP contribution in [0.2, 0.25) is 0 Å². The highest BCUT2D eigenvalue weighted by Gasteiger charge is 2.12. The molecule has 1 aromatic carbocycles. The zero-order chi connectivity index (χ0) is 16.9. The van der Waals surface area contributed by atoms with Gasteiger partial charge >= 0.3 is 0 Å². The molecule has 0 spiro atoms. The Morgan fingerprint density at radius 3 is 2.67 bits per heavy atom. The summed E-state index contributed by atoms with van der Waals surface area (Å²) in [7, 11) is 3.21. The number of hydrogen-bond donors (Lipinski definition) is 0. The number of rotatable bonds is 5. The van der Waals surface area contributed by atoms with Gasteiger partial charge in [-0.1, -0.05) is 6.07 Å². The number of nitriles is 1. The number of thiophene rings is 1. The lowest BCUT2D eigenvalue weighted by atomic mass is 10.1. The van der Waals surface area contributed by atoms with E-state index in [0.29, 0.717) is 22.1 Å². The third kappa shape index (κ3) is 3.32. The molecule has 0 bridgehead atoms. The number of benzene rings is 1. The highest BCUT2D eigenvalue weighted by Crippen LogP contribution is 2.34. The minimum Gasteiger partial charge on any atom is -0.493 e. The van der Waals surface area contributed by atoms with E-state index in [4.69, 9.17) is 9.47 Å². The van der Waals surface area contributed by atoms with Gasteiger partial charge in [0, 0.05) is 15.8 Å². The van der Waals surface area contributed by atoms with Gasteiger partial charge in [0.2, 0.25) is 0 Å². The fraction of sp³-hybridized carbons (Fsp3) is 0.111. The average Bonchev–Trinajstić information content (AvgIpc) is 3.30. The molecule has 0 aliphatic heterocycles. The highest BCUT2D eigenvalue weighted by atomic mass is 32.1. The molecule has 3 rings (SSSR count). The van der Waals surface area contributed by atoms with Crippen LogP contribution in [-0.2, 0) is 0 Å². The zero-order valence-electron chi connectivity index (χ0n) is 13.1. The molecule has 24 heavy (non-hydrogen) atoms. The second kappa shape index (κ2) is 7.30. The van der Waals surface area contributed by atoms with Crippen molar-refractivity contribution in [3.05, 3.63) is 51.0 Å². The van der Waals surface area contributed by atoms with Gasteiger partial charge in [-0.15, -0.1) is 22.7 Å². The van der Waals surface area contributed by atoms with Gasteiger partial charge in [0.15, 0.2) is 11.5 Å². The van der Waals surface area contributed by atoms with Gasteiger partial charge in [0.1, 0.15) is 11.1 Å². The van der Waals surface area contributed by atoms with Crippen molar-refractivity contribution in [1.82, 2.24) is 4.98 Å². The molecular weight excluding hydrogens is 340 g/mol. The lowest BCUT2D eigenvalue weighted by Crippen LogP contribution is -1.91. The smallest absolute Gasteiger partial charge is 0.161 e. The van der Waals surface area contributed by atoms with Crippen molar-refractivity contribution in [3.63, 3.8) is 0 Å². The van der Waals surface area contributed by atoms with Gasteiger partial charge < -0.3 is 9.47 Å². The lowest BCUT2D eigenvalue weighted by molar-refractivity contribution is 0.355. The molecule has 6 heteroatoms. The Morgan fingerprint density at radius 1 is 1.17 bits per heavy atom. The quantitative estimate of drug-likeness (QED) is 0.608. The summed E-state index contributed by atoms with van der Waals surface area (Å²) in [6.07, 6.45) is 1.86. The van der Waals surface area contributed by atoms with Gasteiger partial charge in [-0.25, -0.2) is 4.98 Å². The molecule has 0 saturated heterocycles. The minimum atomic E-state index is 0.564. The van der Waals surface area contributed by atoms with Crippen LogP contribution in [0, 0.1) is 11.3 Å². The van der Waals surface area contributed by atoms with E-state index in [1.165, 1.54) is 11.3 Å². The second-order valence-electron chi connectivity index (χ2n) is 4.79. The van der Waals surface area contributed by atoms with E-state index in [0.717, 1.165) is 16.1 Å². The van der Waals surface area contributed by atoms with Crippen LogP contribution in [0.15, 0.2) is 41.1 Å². The normalized spacial score (nSPS) is 11.1. The first kappa shape index (κ1) is 16.2. The summed E-state index contributed by atoms with van der Waals surface area (Å²) in [6.45, 7) is 0. The summed E-state index contributed by atoms with van der Waals surface area (Å²) in [5.41, 5.74) is 2.29. The summed E-state index contributed by atoms with van der Waals surface area (Å²) in [5, 5.41) is 14.1. The molecule has 120 valence electrons. The molecule has 2 aromatic heterocycles.